The normalized spacial score (nSPS) is 10.7. The van der Waals surface area contributed by atoms with Crippen LogP contribution in [0.15, 0.2) is 24.3 Å². The van der Waals surface area contributed by atoms with Gasteiger partial charge in [0.15, 0.2) is 5.82 Å². The van der Waals surface area contributed by atoms with Gasteiger partial charge in [-0.05, 0) is 45.0 Å². The molecular formula is C15H15ClFNO2. The lowest BCUT2D eigenvalue weighted by Crippen LogP contribution is -2.11. The number of hydrogen-bond acceptors (Lipinski definition) is 2. The number of aryl methyl sites for hydroxylation is 2. The van der Waals surface area contributed by atoms with Crippen LogP contribution in [0.1, 0.15) is 28.7 Å². The lowest BCUT2D eigenvalue weighted by Gasteiger charge is -2.14. The number of carbonyl (C=O) groups excluding carboxylic acids is 1. The van der Waals surface area contributed by atoms with Gasteiger partial charge in [0.25, 0.3) is 0 Å². The SMILES string of the molecule is CCOC(=O)c1ccc(Cl)c(-n2c(C)ccc2C)c1F. The molecule has 0 atom stereocenters. The Labute approximate surface area is 121 Å². The number of halogens is 2. The molecule has 2 rings (SSSR count). The number of esters is 1. The standard InChI is InChI=1S/C15H15ClFNO2/c1-4-20-15(19)11-7-8-12(16)14(13(11)17)18-9(2)5-6-10(18)3/h5-8H,4H2,1-3H3. The van der Waals surface area contributed by atoms with E-state index in [1.165, 1.54) is 12.1 Å². The second-order valence-electron chi connectivity index (χ2n) is 4.43. The summed E-state index contributed by atoms with van der Waals surface area (Å²) in [6.45, 7) is 5.56. The Morgan fingerprint density at radius 2 is 1.85 bits per heavy atom. The Morgan fingerprint density at radius 3 is 2.40 bits per heavy atom. The Hall–Kier alpha value is -1.81. The first-order valence-electron chi connectivity index (χ1n) is 6.27. The summed E-state index contributed by atoms with van der Waals surface area (Å²) >= 11 is 6.11. The highest BCUT2D eigenvalue weighted by molar-refractivity contribution is 6.32. The molecular weight excluding hydrogens is 281 g/mol. The first kappa shape index (κ1) is 14.6. The van der Waals surface area contributed by atoms with Gasteiger partial charge in [0, 0.05) is 11.4 Å². The van der Waals surface area contributed by atoms with Gasteiger partial charge in [0.05, 0.1) is 17.2 Å². The number of carbonyl (C=O) groups is 1. The summed E-state index contributed by atoms with van der Waals surface area (Å²) in [5.41, 5.74) is 1.74. The molecule has 1 aromatic heterocycles. The summed E-state index contributed by atoms with van der Waals surface area (Å²) in [6.07, 6.45) is 0. The van der Waals surface area contributed by atoms with E-state index in [0.717, 1.165) is 11.4 Å². The third-order valence-electron chi connectivity index (χ3n) is 3.06. The molecule has 5 heteroatoms. The van der Waals surface area contributed by atoms with Crippen LogP contribution in [0.3, 0.4) is 0 Å². The minimum atomic E-state index is -0.689. The maximum absolute atomic E-state index is 14.6. The lowest BCUT2D eigenvalue weighted by molar-refractivity contribution is 0.0521. The Kier molecular flexibility index (Phi) is 4.14. The summed E-state index contributed by atoms with van der Waals surface area (Å²) in [6, 6.07) is 6.57. The van der Waals surface area contributed by atoms with Crippen molar-refractivity contribution in [3.05, 3.63) is 52.1 Å². The summed E-state index contributed by atoms with van der Waals surface area (Å²) in [4.78, 5) is 11.8. The molecule has 0 radical (unpaired) electrons. The van der Waals surface area contributed by atoms with Gasteiger partial charge in [-0.15, -0.1) is 0 Å². The predicted molar refractivity (Wildman–Crippen MR) is 76.2 cm³/mol. The topological polar surface area (TPSA) is 31.2 Å². The van der Waals surface area contributed by atoms with Gasteiger partial charge in [-0.3, -0.25) is 0 Å². The largest absolute Gasteiger partial charge is 0.462 e. The highest BCUT2D eigenvalue weighted by Gasteiger charge is 2.21. The van der Waals surface area contributed by atoms with E-state index in [1.807, 2.05) is 26.0 Å². The number of aromatic nitrogens is 1. The molecule has 0 saturated carbocycles. The summed E-state index contributed by atoms with van der Waals surface area (Å²) in [7, 11) is 0. The van der Waals surface area contributed by atoms with Crippen LogP contribution in [0.4, 0.5) is 4.39 Å². The van der Waals surface area contributed by atoms with Crippen molar-refractivity contribution in [3.8, 4) is 5.69 Å². The minimum absolute atomic E-state index is 0.112. The molecule has 0 aliphatic heterocycles. The molecule has 0 unspecified atom stereocenters. The van der Waals surface area contributed by atoms with Crippen molar-refractivity contribution in [1.82, 2.24) is 4.57 Å². The van der Waals surface area contributed by atoms with Gasteiger partial charge in [0.1, 0.15) is 5.69 Å². The Balaban J connectivity index is 2.65. The third-order valence-corrected chi connectivity index (χ3v) is 3.36. The molecule has 106 valence electrons. The number of nitrogens with zero attached hydrogens (tertiary/aromatic N) is 1. The Morgan fingerprint density at radius 1 is 1.25 bits per heavy atom. The summed E-state index contributed by atoms with van der Waals surface area (Å²) in [5.74, 6) is -1.36. The van der Waals surface area contributed by atoms with E-state index in [9.17, 15) is 9.18 Å². The van der Waals surface area contributed by atoms with Gasteiger partial charge < -0.3 is 9.30 Å². The van der Waals surface area contributed by atoms with Crippen LogP contribution >= 0.6 is 11.6 Å². The van der Waals surface area contributed by atoms with Crippen LogP contribution in [0.25, 0.3) is 5.69 Å². The van der Waals surface area contributed by atoms with Crippen molar-refractivity contribution in [2.45, 2.75) is 20.8 Å². The number of hydrogen-bond donors (Lipinski definition) is 0. The quantitative estimate of drug-likeness (QED) is 0.800. The molecule has 3 nitrogen and oxygen atoms in total. The van der Waals surface area contributed by atoms with Crippen molar-refractivity contribution in [1.29, 1.82) is 0 Å². The van der Waals surface area contributed by atoms with Crippen molar-refractivity contribution in [2.75, 3.05) is 6.61 Å². The predicted octanol–water partition coefficient (Wildman–Crippen LogP) is 4.06. The third kappa shape index (κ3) is 2.43. The van der Waals surface area contributed by atoms with Crippen LogP contribution in [-0.4, -0.2) is 17.1 Å². The van der Waals surface area contributed by atoms with E-state index < -0.39 is 11.8 Å². The second kappa shape index (κ2) is 5.67. The van der Waals surface area contributed by atoms with E-state index in [1.54, 1.807) is 11.5 Å². The van der Waals surface area contributed by atoms with Crippen LogP contribution in [0.5, 0.6) is 0 Å². The highest BCUT2D eigenvalue weighted by atomic mass is 35.5. The second-order valence-corrected chi connectivity index (χ2v) is 4.84. The fourth-order valence-electron chi connectivity index (χ4n) is 2.13. The van der Waals surface area contributed by atoms with Gasteiger partial charge in [-0.2, -0.15) is 0 Å². The number of rotatable bonds is 3. The molecule has 1 aromatic carbocycles. The Bertz CT molecular complexity index is 645. The average Bonchev–Trinajstić information content (AvgIpc) is 2.71. The van der Waals surface area contributed by atoms with E-state index in [4.69, 9.17) is 16.3 Å². The fourth-order valence-corrected chi connectivity index (χ4v) is 2.36. The maximum atomic E-state index is 14.6. The minimum Gasteiger partial charge on any atom is -0.462 e. The zero-order valence-electron chi connectivity index (χ0n) is 11.5. The highest BCUT2D eigenvalue weighted by Crippen LogP contribution is 2.29. The van der Waals surface area contributed by atoms with Crippen LogP contribution in [-0.2, 0) is 4.74 Å². The molecule has 0 fully saturated rings. The van der Waals surface area contributed by atoms with Crippen molar-refractivity contribution in [3.63, 3.8) is 0 Å². The van der Waals surface area contributed by atoms with Crippen LogP contribution in [0.2, 0.25) is 5.02 Å². The van der Waals surface area contributed by atoms with Crippen LogP contribution in [0, 0.1) is 19.7 Å². The zero-order valence-corrected chi connectivity index (χ0v) is 12.3. The maximum Gasteiger partial charge on any atom is 0.341 e. The fraction of sp³-hybridized carbons (Fsp3) is 0.267. The first-order valence-corrected chi connectivity index (χ1v) is 6.65. The number of benzene rings is 1. The van der Waals surface area contributed by atoms with Gasteiger partial charge >= 0.3 is 5.97 Å². The average molecular weight is 296 g/mol. The van der Waals surface area contributed by atoms with E-state index in [-0.39, 0.29) is 22.9 Å². The molecule has 0 aliphatic carbocycles. The molecule has 0 spiro atoms. The zero-order chi connectivity index (χ0) is 14.9. The van der Waals surface area contributed by atoms with Crippen molar-refractivity contribution < 1.29 is 13.9 Å². The summed E-state index contributed by atoms with van der Waals surface area (Å²) < 4.78 is 21.2. The molecule has 0 N–H and O–H groups in total. The number of ether oxygens (including phenoxy) is 1. The van der Waals surface area contributed by atoms with E-state index >= 15 is 0 Å². The molecule has 20 heavy (non-hydrogen) atoms. The van der Waals surface area contributed by atoms with Crippen LogP contribution < -0.4 is 0 Å². The molecule has 2 aromatic rings. The first-order chi connectivity index (χ1) is 9.47. The van der Waals surface area contributed by atoms with Gasteiger partial charge in [0.2, 0.25) is 0 Å². The van der Waals surface area contributed by atoms with Gasteiger partial charge in [-0.1, -0.05) is 11.6 Å². The molecule has 0 amide bonds. The molecule has 0 bridgehead atoms. The van der Waals surface area contributed by atoms with Gasteiger partial charge in [-0.25, -0.2) is 9.18 Å². The lowest BCUT2D eigenvalue weighted by atomic mass is 10.1. The monoisotopic (exact) mass is 295 g/mol. The molecule has 0 aliphatic rings. The van der Waals surface area contributed by atoms with Crippen molar-refractivity contribution >= 4 is 17.6 Å². The molecule has 0 saturated heterocycles. The van der Waals surface area contributed by atoms with Crippen molar-refractivity contribution in [2.24, 2.45) is 0 Å². The summed E-state index contributed by atoms with van der Waals surface area (Å²) in [5, 5.41) is 0.248. The smallest absolute Gasteiger partial charge is 0.341 e. The van der Waals surface area contributed by atoms with E-state index in [2.05, 4.69) is 0 Å². The van der Waals surface area contributed by atoms with E-state index in [0.29, 0.717) is 0 Å². The molecule has 1 heterocycles.